The zero-order valence-electron chi connectivity index (χ0n) is 10.4. The standard InChI is InChI=1S/C13H17Cl3O/c1-6(2)9-8(5-14)10(7(3)4)13(17)12(16)11(9)15/h6-7,17H,5H2,1-4H3. The third kappa shape index (κ3) is 2.67. The SMILES string of the molecule is CC(C)c1c(O)c(Cl)c(Cl)c(C(C)C)c1CCl. The topological polar surface area (TPSA) is 20.2 Å². The second-order valence-corrected chi connectivity index (χ2v) is 5.75. The van der Waals surface area contributed by atoms with Crippen molar-refractivity contribution in [1.29, 1.82) is 0 Å². The minimum atomic E-state index is 0.0618. The highest BCUT2D eigenvalue weighted by molar-refractivity contribution is 6.43. The van der Waals surface area contributed by atoms with Crippen molar-refractivity contribution in [1.82, 2.24) is 0 Å². The van der Waals surface area contributed by atoms with E-state index in [-0.39, 0.29) is 22.6 Å². The second kappa shape index (κ2) is 5.69. The van der Waals surface area contributed by atoms with Crippen molar-refractivity contribution in [2.24, 2.45) is 0 Å². The molecule has 1 N–H and O–H groups in total. The number of rotatable bonds is 3. The molecule has 0 heterocycles. The summed E-state index contributed by atoms with van der Waals surface area (Å²) in [7, 11) is 0. The van der Waals surface area contributed by atoms with Crippen LogP contribution in [-0.4, -0.2) is 5.11 Å². The van der Waals surface area contributed by atoms with Gasteiger partial charge in [0.05, 0.1) is 5.02 Å². The average molecular weight is 296 g/mol. The Morgan fingerprint density at radius 2 is 1.41 bits per heavy atom. The average Bonchev–Trinajstić information content (AvgIpc) is 2.23. The predicted molar refractivity (Wildman–Crippen MR) is 75.9 cm³/mol. The van der Waals surface area contributed by atoms with Gasteiger partial charge in [0.25, 0.3) is 0 Å². The van der Waals surface area contributed by atoms with Crippen molar-refractivity contribution in [2.75, 3.05) is 0 Å². The maximum Gasteiger partial charge on any atom is 0.139 e. The first-order chi connectivity index (χ1) is 7.82. The fourth-order valence-electron chi connectivity index (χ4n) is 2.13. The fourth-order valence-corrected chi connectivity index (χ4v) is 3.04. The first-order valence-corrected chi connectivity index (χ1v) is 6.90. The van der Waals surface area contributed by atoms with E-state index in [1.54, 1.807) is 0 Å². The van der Waals surface area contributed by atoms with E-state index in [9.17, 15) is 5.11 Å². The lowest BCUT2D eigenvalue weighted by atomic mass is 9.88. The molecule has 1 nitrogen and oxygen atoms in total. The molecule has 0 bridgehead atoms. The van der Waals surface area contributed by atoms with Gasteiger partial charge in [0.15, 0.2) is 0 Å². The number of alkyl halides is 1. The van der Waals surface area contributed by atoms with Gasteiger partial charge in [-0.15, -0.1) is 11.6 Å². The largest absolute Gasteiger partial charge is 0.506 e. The van der Waals surface area contributed by atoms with Crippen molar-refractivity contribution < 1.29 is 5.11 Å². The first kappa shape index (κ1) is 14.9. The second-order valence-electron chi connectivity index (χ2n) is 4.73. The maximum atomic E-state index is 10.1. The minimum absolute atomic E-state index is 0.0618. The van der Waals surface area contributed by atoms with Gasteiger partial charge in [-0.25, -0.2) is 0 Å². The highest BCUT2D eigenvalue weighted by Crippen LogP contribution is 2.45. The number of aromatic hydroxyl groups is 1. The Hall–Kier alpha value is -0.110. The van der Waals surface area contributed by atoms with Gasteiger partial charge in [0.2, 0.25) is 0 Å². The Morgan fingerprint density at radius 1 is 0.941 bits per heavy atom. The Balaban J connectivity index is 3.72. The number of halogens is 3. The Bertz CT molecular complexity index is 390. The number of hydrogen-bond donors (Lipinski definition) is 1. The number of phenolic OH excluding ortho intramolecular Hbond substituents is 1. The number of phenols is 1. The molecule has 1 rings (SSSR count). The van der Waals surface area contributed by atoms with Crippen LogP contribution in [0, 0.1) is 0 Å². The molecule has 0 aromatic heterocycles. The van der Waals surface area contributed by atoms with Crippen molar-refractivity contribution in [3.05, 3.63) is 26.7 Å². The third-order valence-corrected chi connectivity index (χ3v) is 3.96. The molecule has 0 saturated carbocycles. The number of hydrogen-bond acceptors (Lipinski definition) is 1. The lowest BCUT2D eigenvalue weighted by Gasteiger charge is -2.22. The molecule has 0 fully saturated rings. The zero-order valence-corrected chi connectivity index (χ0v) is 12.7. The van der Waals surface area contributed by atoms with E-state index in [2.05, 4.69) is 0 Å². The molecule has 17 heavy (non-hydrogen) atoms. The van der Waals surface area contributed by atoms with Crippen molar-refractivity contribution in [3.8, 4) is 5.75 Å². The van der Waals surface area contributed by atoms with Gasteiger partial charge < -0.3 is 5.11 Å². The normalized spacial score (nSPS) is 11.6. The van der Waals surface area contributed by atoms with Crippen LogP contribution in [0.5, 0.6) is 5.75 Å². The van der Waals surface area contributed by atoms with Crippen molar-refractivity contribution in [2.45, 2.75) is 45.4 Å². The summed E-state index contributed by atoms with van der Waals surface area (Å²) in [6.07, 6.45) is 0. The van der Waals surface area contributed by atoms with E-state index in [1.165, 1.54) is 0 Å². The van der Waals surface area contributed by atoms with Crippen LogP contribution in [0.3, 0.4) is 0 Å². The smallest absolute Gasteiger partial charge is 0.139 e. The molecule has 0 aliphatic heterocycles. The van der Waals surface area contributed by atoms with Crippen LogP contribution in [-0.2, 0) is 5.88 Å². The Morgan fingerprint density at radius 3 is 1.76 bits per heavy atom. The third-order valence-electron chi connectivity index (χ3n) is 2.83. The summed E-state index contributed by atoms with van der Waals surface area (Å²) in [6, 6.07) is 0. The summed E-state index contributed by atoms with van der Waals surface area (Å²) in [5.74, 6) is 0.750. The van der Waals surface area contributed by atoms with Crippen LogP contribution >= 0.6 is 34.8 Å². The minimum Gasteiger partial charge on any atom is -0.506 e. The highest BCUT2D eigenvalue weighted by Gasteiger charge is 2.24. The summed E-state index contributed by atoms with van der Waals surface area (Å²) in [5, 5.41) is 10.7. The maximum absolute atomic E-state index is 10.1. The molecule has 0 radical (unpaired) electrons. The van der Waals surface area contributed by atoms with E-state index in [1.807, 2.05) is 27.7 Å². The summed E-state index contributed by atoms with van der Waals surface area (Å²) in [6.45, 7) is 8.07. The van der Waals surface area contributed by atoms with Crippen LogP contribution in [0.15, 0.2) is 0 Å². The number of benzene rings is 1. The van der Waals surface area contributed by atoms with Gasteiger partial charge in [0.1, 0.15) is 10.8 Å². The molecule has 0 saturated heterocycles. The predicted octanol–water partition coefficient (Wildman–Crippen LogP) is 5.68. The van der Waals surface area contributed by atoms with E-state index >= 15 is 0 Å². The molecule has 4 heteroatoms. The van der Waals surface area contributed by atoms with Crippen LogP contribution in [0.4, 0.5) is 0 Å². The van der Waals surface area contributed by atoms with Gasteiger partial charge in [-0.05, 0) is 23.0 Å². The Kier molecular flexibility index (Phi) is 5.00. The lowest BCUT2D eigenvalue weighted by Crippen LogP contribution is -2.04. The van der Waals surface area contributed by atoms with Gasteiger partial charge in [0, 0.05) is 11.4 Å². The van der Waals surface area contributed by atoms with Gasteiger partial charge in [-0.2, -0.15) is 0 Å². The van der Waals surface area contributed by atoms with E-state index in [0.717, 1.165) is 16.7 Å². The molecular formula is C13H17Cl3O. The van der Waals surface area contributed by atoms with Gasteiger partial charge in [-0.3, -0.25) is 0 Å². The monoisotopic (exact) mass is 294 g/mol. The van der Waals surface area contributed by atoms with Crippen LogP contribution in [0.2, 0.25) is 10.0 Å². The summed E-state index contributed by atoms with van der Waals surface area (Å²) in [5.41, 5.74) is 2.65. The molecule has 0 aliphatic rings. The molecule has 96 valence electrons. The van der Waals surface area contributed by atoms with Crippen molar-refractivity contribution >= 4 is 34.8 Å². The molecule has 1 aromatic rings. The van der Waals surface area contributed by atoms with Gasteiger partial charge in [-0.1, -0.05) is 50.9 Å². The fraction of sp³-hybridized carbons (Fsp3) is 0.538. The Labute approximate surface area is 118 Å². The van der Waals surface area contributed by atoms with Gasteiger partial charge >= 0.3 is 0 Å². The van der Waals surface area contributed by atoms with Crippen LogP contribution in [0.25, 0.3) is 0 Å². The quantitative estimate of drug-likeness (QED) is 0.711. The molecule has 1 aromatic carbocycles. The summed E-state index contributed by atoms with van der Waals surface area (Å²) >= 11 is 18.3. The molecule has 0 aliphatic carbocycles. The van der Waals surface area contributed by atoms with E-state index < -0.39 is 0 Å². The van der Waals surface area contributed by atoms with E-state index in [4.69, 9.17) is 34.8 Å². The van der Waals surface area contributed by atoms with E-state index in [0.29, 0.717) is 10.9 Å². The molecule has 0 amide bonds. The highest BCUT2D eigenvalue weighted by atomic mass is 35.5. The molecule has 0 spiro atoms. The van der Waals surface area contributed by atoms with Crippen molar-refractivity contribution in [3.63, 3.8) is 0 Å². The zero-order chi connectivity index (χ0) is 13.3. The summed E-state index contributed by atoms with van der Waals surface area (Å²) in [4.78, 5) is 0. The first-order valence-electron chi connectivity index (χ1n) is 5.61. The lowest BCUT2D eigenvalue weighted by molar-refractivity contribution is 0.463. The molecular weight excluding hydrogens is 279 g/mol. The molecule has 0 atom stereocenters. The molecule has 0 unspecified atom stereocenters. The van der Waals surface area contributed by atoms with Crippen LogP contribution in [0.1, 0.15) is 56.2 Å². The van der Waals surface area contributed by atoms with Crippen LogP contribution < -0.4 is 0 Å². The summed E-state index contributed by atoms with van der Waals surface area (Å²) < 4.78 is 0.